The summed E-state index contributed by atoms with van der Waals surface area (Å²) in [6, 6.07) is 4.83. The molecule has 1 unspecified atom stereocenters. The number of rotatable bonds is 5. The second-order valence-electron chi connectivity index (χ2n) is 4.18. The fourth-order valence-electron chi connectivity index (χ4n) is 1.91. The highest BCUT2D eigenvalue weighted by molar-refractivity contribution is 5.92. The third-order valence-electron chi connectivity index (χ3n) is 2.92. The molecule has 98 valence electrons. The number of ether oxygens (including phenoxy) is 3. The zero-order valence-electron chi connectivity index (χ0n) is 10.2. The molecule has 1 N–H and O–H groups in total. The lowest BCUT2D eigenvalue weighted by Crippen LogP contribution is -2.14. The molecule has 1 aromatic rings. The molecule has 1 aliphatic heterocycles. The fourth-order valence-corrected chi connectivity index (χ4v) is 1.91. The molecule has 0 saturated carbocycles. The molecular weight excluding hydrogens is 236 g/mol. The summed E-state index contributed by atoms with van der Waals surface area (Å²) < 4.78 is 16.0. The second-order valence-corrected chi connectivity index (χ2v) is 4.18. The van der Waals surface area contributed by atoms with Crippen LogP contribution in [0.2, 0.25) is 0 Å². The summed E-state index contributed by atoms with van der Waals surface area (Å²) in [5, 5.41) is 9.12. The third kappa shape index (κ3) is 2.73. The Balaban J connectivity index is 2.15. The van der Waals surface area contributed by atoms with Crippen molar-refractivity contribution in [3.05, 3.63) is 23.8 Å². The molecule has 2 rings (SSSR count). The summed E-state index contributed by atoms with van der Waals surface area (Å²) in [4.78, 5) is 11.1. The van der Waals surface area contributed by atoms with Crippen LogP contribution in [0.25, 0.3) is 0 Å². The largest absolute Gasteiger partial charge is 0.493 e. The van der Waals surface area contributed by atoms with E-state index in [0.717, 1.165) is 13.0 Å². The van der Waals surface area contributed by atoms with Crippen molar-refractivity contribution < 1.29 is 24.1 Å². The topological polar surface area (TPSA) is 65.0 Å². The SMILES string of the molecule is COc1cccc(C(=O)O)c1OCC1CCOC1. The van der Waals surface area contributed by atoms with Crippen LogP contribution in [0.1, 0.15) is 16.8 Å². The van der Waals surface area contributed by atoms with Gasteiger partial charge in [0.15, 0.2) is 11.5 Å². The molecular formula is C13H16O5. The molecule has 0 spiro atoms. The lowest BCUT2D eigenvalue weighted by molar-refractivity contribution is 0.0690. The highest BCUT2D eigenvalue weighted by Crippen LogP contribution is 2.31. The minimum absolute atomic E-state index is 0.119. The number of hydrogen-bond donors (Lipinski definition) is 1. The van der Waals surface area contributed by atoms with Gasteiger partial charge in [-0.05, 0) is 18.6 Å². The normalized spacial score (nSPS) is 18.6. The monoisotopic (exact) mass is 252 g/mol. The standard InChI is InChI=1S/C13H16O5/c1-16-11-4-2-3-10(13(14)15)12(11)18-8-9-5-6-17-7-9/h2-4,9H,5-8H2,1H3,(H,14,15). The Kier molecular flexibility index (Phi) is 4.04. The molecule has 1 atom stereocenters. The summed E-state index contributed by atoms with van der Waals surface area (Å²) in [5.41, 5.74) is 0.119. The van der Waals surface area contributed by atoms with Gasteiger partial charge in [0.25, 0.3) is 0 Å². The zero-order valence-corrected chi connectivity index (χ0v) is 10.2. The average molecular weight is 252 g/mol. The number of carbonyl (C=O) groups is 1. The molecule has 18 heavy (non-hydrogen) atoms. The first-order valence-electron chi connectivity index (χ1n) is 5.83. The predicted octanol–water partition coefficient (Wildman–Crippen LogP) is 1.81. The Hall–Kier alpha value is -1.75. The molecule has 0 aromatic heterocycles. The Morgan fingerprint density at radius 1 is 1.56 bits per heavy atom. The van der Waals surface area contributed by atoms with E-state index in [9.17, 15) is 4.79 Å². The van der Waals surface area contributed by atoms with Gasteiger partial charge in [0, 0.05) is 12.5 Å². The Morgan fingerprint density at radius 3 is 3.00 bits per heavy atom. The van der Waals surface area contributed by atoms with Crippen molar-refractivity contribution in [2.24, 2.45) is 5.92 Å². The van der Waals surface area contributed by atoms with Gasteiger partial charge in [-0.3, -0.25) is 0 Å². The molecule has 0 radical (unpaired) electrons. The molecule has 1 aliphatic rings. The molecule has 1 aromatic carbocycles. The minimum Gasteiger partial charge on any atom is -0.493 e. The first kappa shape index (κ1) is 12.7. The van der Waals surface area contributed by atoms with Crippen LogP contribution in [0.5, 0.6) is 11.5 Å². The van der Waals surface area contributed by atoms with Crippen LogP contribution in [0, 0.1) is 5.92 Å². The Morgan fingerprint density at radius 2 is 2.39 bits per heavy atom. The summed E-state index contributed by atoms with van der Waals surface area (Å²) in [6.45, 7) is 1.85. The van der Waals surface area contributed by atoms with Crippen molar-refractivity contribution in [3.63, 3.8) is 0 Å². The van der Waals surface area contributed by atoms with E-state index in [0.29, 0.717) is 30.6 Å². The smallest absolute Gasteiger partial charge is 0.339 e. The summed E-state index contributed by atoms with van der Waals surface area (Å²) in [7, 11) is 1.49. The van der Waals surface area contributed by atoms with E-state index < -0.39 is 5.97 Å². The number of methoxy groups -OCH3 is 1. The number of benzene rings is 1. The van der Waals surface area contributed by atoms with Crippen molar-refractivity contribution in [1.29, 1.82) is 0 Å². The summed E-state index contributed by atoms with van der Waals surface area (Å²) in [6.07, 6.45) is 0.942. The van der Waals surface area contributed by atoms with Gasteiger partial charge >= 0.3 is 5.97 Å². The molecule has 5 nitrogen and oxygen atoms in total. The van der Waals surface area contributed by atoms with E-state index in [1.165, 1.54) is 13.2 Å². The Bertz CT molecular complexity index is 423. The summed E-state index contributed by atoms with van der Waals surface area (Å²) >= 11 is 0. The average Bonchev–Trinajstić information content (AvgIpc) is 2.88. The Labute approximate surface area is 105 Å². The number of carboxylic acid groups (broad SMARTS) is 1. The summed E-state index contributed by atoms with van der Waals surface area (Å²) in [5.74, 6) is 0.0244. The van der Waals surface area contributed by atoms with E-state index in [1.54, 1.807) is 12.1 Å². The number of carboxylic acids is 1. The lowest BCUT2D eigenvalue weighted by atomic mass is 10.1. The van der Waals surface area contributed by atoms with Crippen molar-refractivity contribution in [2.45, 2.75) is 6.42 Å². The first-order valence-corrected chi connectivity index (χ1v) is 5.83. The maximum Gasteiger partial charge on any atom is 0.339 e. The minimum atomic E-state index is -1.02. The van der Waals surface area contributed by atoms with Crippen molar-refractivity contribution in [2.75, 3.05) is 26.9 Å². The molecule has 5 heteroatoms. The van der Waals surface area contributed by atoms with Crippen molar-refractivity contribution in [1.82, 2.24) is 0 Å². The van der Waals surface area contributed by atoms with E-state index in [4.69, 9.17) is 19.3 Å². The first-order chi connectivity index (χ1) is 8.72. The maximum atomic E-state index is 11.1. The molecule has 0 aliphatic carbocycles. The molecule has 1 fully saturated rings. The van der Waals surface area contributed by atoms with E-state index >= 15 is 0 Å². The van der Waals surface area contributed by atoms with Gasteiger partial charge in [-0.2, -0.15) is 0 Å². The van der Waals surface area contributed by atoms with Gasteiger partial charge in [-0.25, -0.2) is 4.79 Å². The van der Waals surface area contributed by atoms with Gasteiger partial charge < -0.3 is 19.3 Å². The van der Waals surface area contributed by atoms with E-state index in [2.05, 4.69) is 0 Å². The number of hydrogen-bond acceptors (Lipinski definition) is 4. The molecule has 0 amide bonds. The number of para-hydroxylation sites is 1. The van der Waals surface area contributed by atoms with Crippen LogP contribution in [-0.4, -0.2) is 38.0 Å². The molecule has 1 saturated heterocycles. The van der Waals surface area contributed by atoms with Crippen LogP contribution >= 0.6 is 0 Å². The molecule has 0 bridgehead atoms. The van der Waals surface area contributed by atoms with Crippen LogP contribution < -0.4 is 9.47 Å². The second kappa shape index (κ2) is 5.73. The van der Waals surface area contributed by atoms with Crippen LogP contribution in [-0.2, 0) is 4.74 Å². The predicted molar refractivity (Wildman–Crippen MR) is 64.4 cm³/mol. The van der Waals surface area contributed by atoms with Crippen molar-refractivity contribution >= 4 is 5.97 Å². The zero-order chi connectivity index (χ0) is 13.0. The maximum absolute atomic E-state index is 11.1. The van der Waals surface area contributed by atoms with Gasteiger partial charge in [0.2, 0.25) is 0 Å². The third-order valence-corrected chi connectivity index (χ3v) is 2.92. The van der Waals surface area contributed by atoms with Gasteiger partial charge in [0.05, 0.1) is 20.3 Å². The molecule has 1 heterocycles. The van der Waals surface area contributed by atoms with Crippen LogP contribution in [0.3, 0.4) is 0 Å². The fraction of sp³-hybridized carbons (Fsp3) is 0.462. The highest BCUT2D eigenvalue weighted by Gasteiger charge is 2.20. The van der Waals surface area contributed by atoms with Gasteiger partial charge in [-0.15, -0.1) is 0 Å². The number of aromatic carboxylic acids is 1. The van der Waals surface area contributed by atoms with Crippen molar-refractivity contribution in [3.8, 4) is 11.5 Å². The van der Waals surface area contributed by atoms with Crippen LogP contribution in [0.4, 0.5) is 0 Å². The van der Waals surface area contributed by atoms with E-state index in [-0.39, 0.29) is 5.56 Å². The van der Waals surface area contributed by atoms with Gasteiger partial charge in [-0.1, -0.05) is 6.07 Å². The van der Waals surface area contributed by atoms with Crippen LogP contribution in [0.15, 0.2) is 18.2 Å². The van der Waals surface area contributed by atoms with Gasteiger partial charge in [0.1, 0.15) is 5.56 Å². The lowest BCUT2D eigenvalue weighted by Gasteiger charge is -2.15. The van der Waals surface area contributed by atoms with E-state index in [1.807, 2.05) is 0 Å². The highest BCUT2D eigenvalue weighted by atomic mass is 16.5. The quantitative estimate of drug-likeness (QED) is 0.865.